The van der Waals surface area contributed by atoms with Crippen LogP contribution in [-0.2, 0) is 0 Å². The highest BCUT2D eigenvalue weighted by atomic mass is 14.2. The zero-order valence-corrected chi connectivity index (χ0v) is 29.6. The van der Waals surface area contributed by atoms with Crippen molar-refractivity contribution in [3.05, 3.63) is 206 Å². The smallest absolute Gasteiger partial charge is 0.00141 e. The SMILES string of the molecule is c1cc(-c2ccc3ccc4ccccc4c3c2)cc(-c2c3ccccc3c(-c3ccc(-c4ccc5ccccc5c4)cc3)c3c2ccc2ccccc23)c1. The average molecular weight is 683 g/mol. The molecule has 0 bridgehead atoms. The van der Waals surface area contributed by atoms with E-state index in [0.717, 1.165) is 0 Å². The Morgan fingerprint density at radius 1 is 0.185 bits per heavy atom. The van der Waals surface area contributed by atoms with Crippen LogP contribution in [0.4, 0.5) is 0 Å². The zero-order valence-electron chi connectivity index (χ0n) is 29.6. The Kier molecular flexibility index (Phi) is 6.97. The van der Waals surface area contributed by atoms with Gasteiger partial charge in [0.05, 0.1) is 0 Å². The van der Waals surface area contributed by atoms with Crippen LogP contribution >= 0.6 is 0 Å². The molecule has 0 unspecified atom stereocenters. The van der Waals surface area contributed by atoms with E-state index in [4.69, 9.17) is 0 Å². The third-order valence-corrected chi connectivity index (χ3v) is 11.4. The summed E-state index contributed by atoms with van der Waals surface area (Å²) in [4.78, 5) is 0. The van der Waals surface area contributed by atoms with Gasteiger partial charge in [-0.3, -0.25) is 0 Å². The van der Waals surface area contributed by atoms with Crippen LogP contribution in [0.15, 0.2) is 206 Å². The molecule has 0 aliphatic carbocycles. The largest absolute Gasteiger partial charge is 0.0616 e. The van der Waals surface area contributed by atoms with Gasteiger partial charge in [0.15, 0.2) is 0 Å². The molecule has 11 aromatic carbocycles. The number of benzene rings is 11. The van der Waals surface area contributed by atoms with Gasteiger partial charge in [-0.2, -0.15) is 0 Å². The zero-order chi connectivity index (χ0) is 35.6. The average Bonchev–Trinajstić information content (AvgIpc) is 3.25. The number of rotatable bonds is 4. The van der Waals surface area contributed by atoms with Gasteiger partial charge in [-0.05, 0) is 127 Å². The van der Waals surface area contributed by atoms with Crippen molar-refractivity contribution in [2.24, 2.45) is 0 Å². The van der Waals surface area contributed by atoms with E-state index in [9.17, 15) is 0 Å². The monoisotopic (exact) mass is 682 g/mol. The fraction of sp³-hybridized carbons (Fsp3) is 0. The predicted molar refractivity (Wildman–Crippen MR) is 233 cm³/mol. The van der Waals surface area contributed by atoms with E-state index in [1.54, 1.807) is 0 Å². The van der Waals surface area contributed by atoms with E-state index in [2.05, 4.69) is 206 Å². The molecular formula is C54H34. The first-order valence-corrected chi connectivity index (χ1v) is 18.7. The lowest BCUT2D eigenvalue weighted by atomic mass is 9.83. The van der Waals surface area contributed by atoms with Crippen LogP contribution in [0.1, 0.15) is 0 Å². The van der Waals surface area contributed by atoms with Gasteiger partial charge in [0.2, 0.25) is 0 Å². The summed E-state index contributed by atoms with van der Waals surface area (Å²) in [5, 5.41) is 15.2. The quantitative estimate of drug-likeness (QED) is 0.128. The van der Waals surface area contributed by atoms with Crippen LogP contribution in [0, 0.1) is 0 Å². The third kappa shape index (κ3) is 4.92. The summed E-state index contributed by atoms with van der Waals surface area (Å²) in [7, 11) is 0. The molecule has 0 saturated carbocycles. The summed E-state index contributed by atoms with van der Waals surface area (Å²) in [5.74, 6) is 0. The number of hydrogen-bond donors (Lipinski definition) is 0. The summed E-state index contributed by atoms with van der Waals surface area (Å²) in [6.07, 6.45) is 0. The molecule has 0 radical (unpaired) electrons. The molecule has 0 N–H and O–H groups in total. The second-order valence-corrected chi connectivity index (χ2v) is 14.4. The summed E-state index contributed by atoms with van der Waals surface area (Å²) < 4.78 is 0. The Hall–Kier alpha value is -7.02. The molecule has 0 amide bonds. The van der Waals surface area contributed by atoms with E-state index in [0.29, 0.717) is 0 Å². The fourth-order valence-electron chi connectivity index (χ4n) is 8.79. The van der Waals surface area contributed by atoms with Crippen LogP contribution in [-0.4, -0.2) is 0 Å². The first-order chi connectivity index (χ1) is 26.8. The highest BCUT2D eigenvalue weighted by Gasteiger charge is 2.19. The topological polar surface area (TPSA) is 0 Å². The number of fused-ring (bicyclic) bond motifs is 8. The Bertz CT molecular complexity index is 3260. The van der Waals surface area contributed by atoms with Crippen molar-refractivity contribution >= 4 is 64.6 Å². The molecule has 0 fully saturated rings. The molecule has 0 heteroatoms. The molecule has 0 spiro atoms. The molecule has 11 aromatic rings. The lowest BCUT2D eigenvalue weighted by Gasteiger charge is -2.20. The van der Waals surface area contributed by atoms with E-state index >= 15 is 0 Å². The normalized spacial score (nSPS) is 11.7. The third-order valence-electron chi connectivity index (χ3n) is 11.4. The molecule has 54 heavy (non-hydrogen) atoms. The fourth-order valence-corrected chi connectivity index (χ4v) is 8.79. The van der Waals surface area contributed by atoms with Crippen molar-refractivity contribution in [1.82, 2.24) is 0 Å². The van der Waals surface area contributed by atoms with Gasteiger partial charge < -0.3 is 0 Å². The van der Waals surface area contributed by atoms with Gasteiger partial charge >= 0.3 is 0 Å². The molecule has 0 heterocycles. The Morgan fingerprint density at radius 2 is 0.667 bits per heavy atom. The summed E-state index contributed by atoms with van der Waals surface area (Å²) in [6.45, 7) is 0. The second kappa shape index (κ2) is 12.3. The first-order valence-electron chi connectivity index (χ1n) is 18.7. The molecular weight excluding hydrogens is 649 g/mol. The standard InChI is InChI=1S/C54H34/c1-2-13-41-32-43(28-22-35(41)10-1)36-20-26-40(27-21-36)53-49-19-8-7-18-48(49)52(50-31-30-38-12-4-6-17-47(38)54(50)53)45-15-9-14-42(33-45)44-29-25-39-24-23-37-11-3-5-16-46(37)51(39)34-44/h1-34H. The first kappa shape index (κ1) is 30.6. The Labute approximate surface area is 314 Å². The minimum atomic E-state index is 1.22. The minimum absolute atomic E-state index is 1.22. The van der Waals surface area contributed by atoms with Crippen LogP contribution < -0.4 is 0 Å². The highest BCUT2D eigenvalue weighted by Crippen LogP contribution is 2.47. The Morgan fingerprint density at radius 3 is 1.44 bits per heavy atom. The van der Waals surface area contributed by atoms with Crippen molar-refractivity contribution in [3.8, 4) is 44.5 Å². The van der Waals surface area contributed by atoms with E-state index in [-0.39, 0.29) is 0 Å². The van der Waals surface area contributed by atoms with E-state index < -0.39 is 0 Å². The maximum absolute atomic E-state index is 2.39. The van der Waals surface area contributed by atoms with Crippen LogP contribution in [0.2, 0.25) is 0 Å². The summed E-state index contributed by atoms with van der Waals surface area (Å²) in [6, 6.07) is 76.2. The van der Waals surface area contributed by atoms with E-state index in [1.165, 1.54) is 109 Å². The van der Waals surface area contributed by atoms with Crippen molar-refractivity contribution in [3.63, 3.8) is 0 Å². The lowest BCUT2D eigenvalue weighted by Crippen LogP contribution is -1.92. The van der Waals surface area contributed by atoms with Gasteiger partial charge in [0, 0.05) is 0 Å². The highest BCUT2D eigenvalue weighted by molar-refractivity contribution is 6.28. The molecule has 250 valence electrons. The Balaban J connectivity index is 1.12. The van der Waals surface area contributed by atoms with Crippen LogP contribution in [0.3, 0.4) is 0 Å². The lowest BCUT2D eigenvalue weighted by molar-refractivity contribution is 1.62. The maximum atomic E-state index is 2.39. The predicted octanol–water partition coefficient (Wildman–Crippen LogP) is 15.3. The second-order valence-electron chi connectivity index (χ2n) is 14.4. The van der Waals surface area contributed by atoms with Gasteiger partial charge in [0.1, 0.15) is 0 Å². The molecule has 0 nitrogen and oxygen atoms in total. The van der Waals surface area contributed by atoms with Gasteiger partial charge in [-0.15, -0.1) is 0 Å². The van der Waals surface area contributed by atoms with Crippen LogP contribution in [0.25, 0.3) is 109 Å². The van der Waals surface area contributed by atoms with Crippen molar-refractivity contribution in [2.45, 2.75) is 0 Å². The molecule has 0 aliphatic heterocycles. The minimum Gasteiger partial charge on any atom is -0.0616 e. The van der Waals surface area contributed by atoms with Crippen LogP contribution in [0.5, 0.6) is 0 Å². The van der Waals surface area contributed by atoms with Gasteiger partial charge in [0.25, 0.3) is 0 Å². The molecule has 0 aromatic heterocycles. The van der Waals surface area contributed by atoms with Gasteiger partial charge in [-0.1, -0.05) is 188 Å². The van der Waals surface area contributed by atoms with Crippen molar-refractivity contribution in [1.29, 1.82) is 0 Å². The molecule has 0 aliphatic rings. The maximum Gasteiger partial charge on any atom is -0.00141 e. The molecule has 0 atom stereocenters. The number of hydrogen-bond acceptors (Lipinski definition) is 0. The van der Waals surface area contributed by atoms with Gasteiger partial charge in [-0.25, -0.2) is 0 Å². The summed E-state index contributed by atoms with van der Waals surface area (Å²) in [5.41, 5.74) is 9.89. The molecule has 0 saturated heterocycles. The van der Waals surface area contributed by atoms with E-state index in [1.807, 2.05) is 0 Å². The van der Waals surface area contributed by atoms with Crippen molar-refractivity contribution in [2.75, 3.05) is 0 Å². The summed E-state index contributed by atoms with van der Waals surface area (Å²) >= 11 is 0. The van der Waals surface area contributed by atoms with Crippen molar-refractivity contribution < 1.29 is 0 Å². The molecule has 11 rings (SSSR count).